The third-order valence-corrected chi connectivity index (χ3v) is 3.55. The summed E-state index contributed by atoms with van der Waals surface area (Å²) < 4.78 is 32.3. The minimum absolute atomic E-state index is 0.310. The first-order chi connectivity index (χ1) is 10.6. The van der Waals surface area contributed by atoms with Gasteiger partial charge in [0.2, 0.25) is 5.89 Å². The number of halogens is 3. The quantitative estimate of drug-likeness (QED) is 0.614. The normalized spacial score (nSPS) is 11.7. The molecule has 0 saturated carbocycles. The number of rotatable bonds is 3. The van der Waals surface area contributed by atoms with Gasteiger partial charge in [-0.15, -0.1) is 0 Å². The highest BCUT2D eigenvalue weighted by molar-refractivity contribution is 9.15. The molecule has 0 spiro atoms. The Labute approximate surface area is 134 Å². The molecule has 0 atom stereocenters. The molecular formula is C17H10BrF2NO. The second-order valence-electron chi connectivity index (χ2n) is 4.58. The molecule has 2 aromatic carbocycles. The van der Waals surface area contributed by atoms with Crippen LogP contribution in [0.1, 0.15) is 11.5 Å². The molecule has 0 aliphatic carbocycles. The van der Waals surface area contributed by atoms with E-state index in [1.807, 2.05) is 0 Å². The van der Waals surface area contributed by atoms with Crippen molar-refractivity contribution in [3.63, 3.8) is 0 Å². The van der Waals surface area contributed by atoms with E-state index in [4.69, 9.17) is 4.42 Å². The lowest BCUT2D eigenvalue weighted by atomic mass is 10.2. The van der Waals surface area contributed by atoms with Gasteiger partial charge in [0.15, 0.2) is 5.76 Å². The molecule has 0 saturated heterocycles. The van der Waals surface area contributed by atoms with Crippen LogP contribution in [0.4, 0.5) is 8.78 Å². The molecular weight excluding hydrogens is 352 g/mol. The van der Waals surface area contributed by atoms with Crippen molar-refractivity contribution in [2.24, 2.45) is 0 Å². The molecule has 22 heavy (non-hydrogen) atoms. The van der Waals surface area contributed by atoms with Crippen molar-refractivity contribution in [3.8, 4) is 11.3 Å². The van der Waals surface area contributed by atoms with Gasteiger partial charge >= 0.3 is 0 Å². The van der Waals surface area contributed by atoms with Crippen LogP contribution in [-0.2, 0) is 0 Å². The predicted octanol–water partition coefficient (Wildman–Crippen LogP) is 5.51. The number of oxazole rings is 1. The molecule has 0 aliphatic heterocycles. The third-order valence-electron chi connectivity index (χ3n) is 2.98. The van der Waals surface area contributed by atoms with Gasteiger partial charge in [0.25, 0.3) is 0 Å². The summed E-state index contributed by atoms with van der Waals surface area (Å²) in [6, 6.07) is 12.1. The zero-order valence-electron chi connectivity index (χ0n) is 11.3. The molecule has 0 amide bonds. The zero-order chi connectivity index (χ0) is 15.5. The van der Waals surface area contributed by atoms with Gasteiger partial charge in [-0.05, 0) is 64.0 Å². The predicted molar refractivity (Wildman–Crippen MR) is 85.1 cm³/mol. The lowest BCUT2D eigenvalue weighted by Crippen LogP contribution is -1.79. The van der Waals surface area contributed by atoms with E-state index in [9.17, 15) is 8.78 Å². The highest BCUT2D eigenvalue weighted by Crippen LogP contribution is 2.28. The maximum atomic E-state index is 13.2. The third kappa shape index (κ3) is 3.31. The minimum atomic E-state index is -0.312. The van der Waals surface area contributed by atoms with Crippen molar-refractivity contribution in [3.05, 3.63) is 77.8 Å². The largest absolute Gasteiger partial charge is 0.436 e. The second kappa shape index (κ2) is 6.23. The van der Waals surface area contributed by atoms with Gasteiger partial charge in [0.1, 0.15) is 11.6 Å². The Morgan fingerprint density at radius 3 is 2.55 bits per heavy atom. The van der Waals surface area contributed by atoms with Gasteiger partial charge in [0.05, 0.1) is 10.7 Å². The molecule has 0 N–H and O–H groups in total. The lowest BCUT2D eigenvalue weighted by Gasteiger charge is -1.97. The van der Waals surface area contributed by atoms with Gasteiger partial charge in [-0.1, -0.05) is 12.1 Å². The van der Waals surface area contributed by atoms with E-state index < -0.39 is 0 Å². The first-order valence-corrected chi connectivity index (χ1v) is 7.26. The standard InChI is InChI=1S/C17H10BrF2NO/c18-15(9-11-2-1-3-14(20)8-11)17-21-10-16(22-17)12-4-6-13(19)7-5-12/h1-10H/b15-9-. The Hall–Kier alpha value is -2.27. The van der Waals surface area contributed by atoms with Gasteiger partial charge in [-0.2, -0.15) is 0 Å². The van der Waals surface area contributed by atoms with E-state index >= 15 is 0 Å². The van der Waals surface area contributed by atoms with E-state index in [-0.39, 0.29) is 11.6 Å². The van der Waals surface area contributed by atoms with Gasteiger partial charge in [-0.25, -0.2) is 13.8 Å². The Kier molecular flexibility index (Phi) is 4.15. The molecule has 2 nitrogen and oxygen atoms in total. The number of nitrogens with zero attached hydrogens (tertiary/aromatic N) is 1. The topological polar surface area (TPSA) is 26.0 Å². The fraction of sp³-hybridized carbons (Fsp3) is 0. The zero-order valence-corrected chi connectivity index (χ0v) is 12.8. The highest BCUT2D eigenvalue weighted by atomic mass is 79.9. The fourth-order valence-corrected chi connectivity index (χ4v) is 2.38. The Balaban J connectivity index is 1.88. The molecule has 1 aromatic heterocycles. The summed E-state index contributed by atoms with van der Waals surface area (Å²) in [4.78, 5) is 4.16. The van der Waals surface area contributed by atoms with E-state index in [2.05, 4.69) is 20.9 Å². The van der Waals surface area contributed by atoms with Crippen LogP contribution in [0, 0.1) is 11.6 Å². The highest BCUT2D eigenvalue weighted by Gasteiger charge is 2.09. The molecule has 0 unspecified atom stereocenters. The van der Waals surface area contributed by atoms with E-state index in [0.29, 0.717) is 21.7 Å². The van der Waals surface area contributed by atoms with Crippen LogP contribution < -0.4 is 0 Å². The number of hydrogen-bond acceptors (Lipinski definition) is 2. The first kappa shape index (κ1) is 14.7. The summed E-state index contributed by atoms with van der Waals surface area (Å²) in [6.07, 6.45) is 3.27. The average Bonchev–Trinajstić information content (AvgIpc) is 2.98. The molecule has 1 heterocycles. The van der Waals surface area contributed by atoms with Gasteiger partial charge in [-0.3, -0.25) is 0 Å². The van der Waals surface area contributed by atoms with Crippen molar-refractivity contribution in [2.45, 2.75) is 0 Å². The van der Waals surface area contributed by atoms with E-state index in [1.165, 1.54) is 24.3 Å². The Bertz CT molecular complexity index is 825. The van der Waals surface area contributed by atoms with Crippen molar-refractivity contribution in [1.82, 2.24) is 4.98 Å². The smallest absolute Gasteiger partial charge is 0.233 e. The minimum Gasteiger partial charge on any atom is -0.436 e. The lowest BCUT2D eigenvalue weighted by molar-refractivity contribution is 0.559. The van der Waals surface area contributed by atoms with Crippen LogP contribution in [0.5, 0.6) is 0 Å². The van der Waals surface area contributed by atoms with E-state index in [1.54, 1.807) is 36.5 Å². The Morgan fingerprint density at radius 2 is 1.82 bits per heavy atom. The number of benzene rings is 2. The van der Waals surface area contributed by atoms with Gasteiger partial charge in [0, 0.05) is 5.56 Å². The summed E-state index contributed by atoms with van der Waals surface area (Å²) in [7, 11) is 0. The van der Waals surface area contributed by atoms with Crippen molar-refractivity contribution >= 4 is 26.5 Å². The summed E-state index contributed by atoms with van der Waals surface area (Å²) in [5.41, 5.74) is 1.42. The molecule has 0 bridgehead atoms. The fourth-order valence-electron chi connectivity index (χ4n) is 1.94. The maximum absolute atomic E-state index is 13.2. The molecule has 5 heteroatoms. The van der Waals surface area contributed by atoms with Crippen LogP contribution in [0.25, 0.3) is 21.9 Å². The molecule has 110 valence electrons. The summed E-state index contributed by atoms with van der Waals surface area (Å²) >= 11 is 3.37. The molecule has 3 rings (SSSR count). The molecule has 0 aliphatic rings. The van der Waals surface area contributed by atoms with Crippen LogP contribution >= 0.6 is 15.9 Å². The van der Waals surface area contributed by atoms with Crippen molar-refractivity contribution in [2.75, 3.05) is 0 Å². The van der Waals surface area contributed by atoms with Crippen molar-refractivity contribution in [1.29, 1.82) is 0 Å². The van der Waals surface area contributed by atoms with Crippen LogP contribution in [0.2, 0.25) is 0 Å². The average molecular weight is 362 g/mol. The first-order valence-electron chi connectivity index (χ1n) is 6.47. The Morgan fingerprint density at radius 1 is 1.05 bits per heavy atom. The summed E-state index contributed by atoms with van der Waals surface area (Å²) in [5.74, 6) is 0.271. The number of hydrogen-bond donors (Lipinski definition) is 0. The molecule has 3 aromatic rings. The summed E-state index contributed by atoms with van der Waals surface area (Å²) in [5, 5.41) is 0. The van der Waals surface area contributed by atoms with Gasteiger partial charge < -0.3 is 4.42 Å². The SMILES string of the molecule is Fc1ccc(-c2cnc(/C(Br)=C/c3cccc(F)c3)o2)cc1. The van der Waals surface area contributed by atoms with Crippen LogP contribution in [0.3, 0.4) is 0 Å². The molecule has 0 fully saturated rings. The van der Waals surface area contributed by atoms with Crippen LogP contribution in [-0.4, -0.2) is 4.98 Å². The monoisotopic (exact) mass is 361 g/mol. The second-order valence-corrected chi connectivity index (χ2v) is 5.44. The van der Waals surface area contributed by atoms with Crippen molar-refractivity contribution < 1.29 is 13.2 Å². The maximum Gasteiger partial charge on any atom is 0.233 e. The van der Waals surface area contributed by atoms with E-state index in [0.717, 1.165) is 5.56 Å². The molecule has 0 radical (unpaired) electrons. The van der Waals surface area contributed by atoms with Crippen LogP contribution in [0.15, 0.2) is 59.1 Å². The number of aromatic nitrogens is 1. The summed E-state index contributed by atoms with van der Waals surface area (Å²) in [6.45, 7) is 0.